The number of nitrogens with one attached hydrogen (secondary N) is 2. The van der Waals surface area contributed by atoms with Crippen LogP contribution in [0, 0.1) is 35.0 Å². The van der Waals surface area contributed by atoms with Crippen molar-refractivity contribution in [3.63, 3.8) is 0 Å². The lowest BCUT2D eigenvalue weighted by Crippen LogP contribution is -2.58. The van der Waals surface area contributed by atoms with Crippen molar-refractivity contribution in [1.82, 2.24) is 5.32 Å². The lowest BCUT2D eigenvalue weighted by atomic mass is 9.51. The first-order valence-electron chi connectivity index (χ1n) is 12.3. The Morgan fingerprint density at radius 2 is 1.77 bits per heavy atom. The topological polar surface area (TPSA) is 58.2 Å². The number of carbonyl (C=O) groups excluding carboxylic acids is 2. The first-order chi connectivity index (χ1) is 16.5. The van der Waals surface area contributed by atoms with Gasteiger partial charge in [-0.25, -0.2) is 8.78 Å². The van der Waals surface area contributed by atoms with Gasteiger partial charge in [-0.1, -0.05) is 19.1 Å². The Hall–Kier alpha value is -2.45. The second-order valence-corrected chi connectivity index (χ2v) is 10.8. The fourth-order valence-corrected chi connectivity index (χ4v) is 7.57. The smallest absolute Gasteiger partial charge is 0.349 e. The van der Waals surface area contributed by atoms with Crippen molar-refractivity contribution in [2.45, 2.75) is 64.1 Å². The van der Waals surface area contributed by atoms with Crippen molar-refractivity contribution < 1.29 is 31.5 Å². The van der Waals surface area contributed by atoms with Crippen LogP contribution < -0.4 is 10.6 Å². The maximum absolute atomic E-state index is 13.5. The standard InChI is InChI=1S/C26H29F5N2O2/c1-25-11-10-22(34)33-21(25)9-7-16-14-4-5-17(15(14)6-8-19(16)25)24(35)32-20-12-13(26(29,30)31)2-3-18(20)23(27)28/h2-3,10-12,14-17,19,21,23H,4-9H2,1H3,(H,32,35)(H,33,34)/t14-,15?,16+,17+,19+,21-,25-/m1/s1. The summed E-state index contributed by atoms with van der Waals surface area (Å²) in [5.74, 6) is 0.237. The molecule has 0 radical (unpaired) electrons. The van der Waals surface area contributed by atoms with E-state index in [9.17, 15) is 31.5 Å². The fraction of sp³-hybridized carbons (Fsp3) is 0.615. The van der Waals surface area contributed by atoms with Crippen LogP contribution in [0.15, 0.2) is 30.4 Å². The summed E-state index contributed by atoms with van der Waals surface area (Å²) < 4.78 is 66.4. The fourth-order valence-electron chi connectivity index (χ4n) is 7.57. The Morgan fingerprint density at radius 3 is 2.49 bits per heavy atom. The van der Waals surface area contributed by atoms with Gasteiger partial charge in [0.2, 0.25) is 11.8 Å². The van der Waals surface area contributed by atoms with Gasteiger partial charge < -0.3 is 10.6 Å². The molecule has 3 saturated carbocycles. The van der Waals surface area contributed by atoms with Crippen molar-refractivity contribution in [3.8, 4) is 0 Å². The molecule has 0 bridgehead atoms. The summed E-state index contributed by atoms with van der Waals surface area (Å²) in [6.07, 6.45) is 0.932. The van der Waals surface area contributed by atoms with Crippen LogP contribution in [0.4, 0.5) is 27.6 Å². The second kappa shape index (κ2) is 8.59. The summed E-state index contributed by atoms with van der Waals surface area (Å²) in [6, 6.07) is 2.06. The van der Waals surface area contributed by atoms with E-state index < -0.39 is 41.2 Å². The van der Waals surface area contributed by atoms with Crippen LogP contribution in [-0.2, 0) is 15.8 Å². The van der Waals surface area contributed by atoms with E-state index in [0.717, 1.165) is 38.2 Å². The molecule has 190 valence electrons. The number of hydrogen-bond donors (Lipinski definition) is 2. The molecular formula is C26H29F5N2O2. The van der Waals surface area contributed by atoms with Gasteiger partial charge in [0, 0.05) is 22.9 Å². The highest BCUT2D eigenvalue weighted by Crippen LogP contribution is 2.60. The molecule has 1 unspecified atom stereocenters. The molecule has 2 amide bonds. The van der Waals surface area contributed by atoms with E-state index in [2.05, 4.69) is 17.6 Å². The van der Waals surface area contributed by atoms with Crippen molar-refractivity contribution in [2.75, 3.05) is 5.32 Å². The average molecular weight is 497 g/mol. The summed E-state index contributed by atoms with van der Waals surface area (Å²) in [5.41, 5.74) is -2.28. The van der Waals surface area contributed by atoms with Crippen molar-refractivity contribution in [1.29, 1.82) is 0 Å². The summed E-state index contributed by atoms with van der Waals surface area (Å²) >= 11 is 0. The molecule has 1 heterocycles. The van der Waals surface area contributed by atoms with Crippen molar-refractivity contribution >= 4 is 17.5 Å². The van der Waals surface area contributed by atoms with Crippen LogP contribution in [0.2, 0.25) is 0 Å². The number of carbonyl (C=O) groups is 2. The van der Waals surface area contributed by atoms with Gasteiger partial charge in [0.25, 0.3) is 6.43 Å². The van der Waals surface area contributed by atoms with E-state index >= 15 is 0 Å². The van der Waals surface area contributed by atoms with Crippen LogP contribution >= 0.6 is 0 Å². The second-order valence-electron chi connectivity index (χ2n) is 10.8. The summed E-state index contributed by atoms with van der Waals surface area (Å²) in [7, 11) is 0. The van der Waals surface area contributed by atoms with E-state index in [1.54, 1.807) is 6.08 Å². The van der Waals surface area contributed by atoms with Gasteiger partial charge in [0.15, 0.2) is 0 Å². The number of anilines is 1. The third kappa shape index (κ3) is 4.14. The highest BCUT2D eigenvalue weighted by molar-refractivity contribution is 5.94. The van der Waals surface area contributed by atoms with Gasteiger partial charge in [0.1, 0.15) is 0 Å². The first kappa shape index (κ1) is 24.3. The highest BCUT2D eigenvalue weighted by Gasteiger charge is 2.56. The van der Waals surface area contributed by atoms with Crippen LogP contribution in [0.3, 0.4) is 0 Å². The monoisotopic (exact) mass is 496 g/mol. The number of alkyl halides is 5. The maximum Gasteiger partial charge on any atom is 0.416 e. The Kier molecular flexibility index (Phi) is 5.95. The van der Waals surface area contributed by atoms with Crippen LogP contribution in [0.1, 0.15) is 63.0 Å². The highest BCUT2D eigenvalue weighted by atomic mass is 19.4. The maximum atomic E-state index is 13.5. The number of benzene rings is 1. The van der Waals surface area contributed by atoms with E-state index in [-0.39, 0.29) is 23.3 Å². The minimum Gasteiger partial charge on any atom is -0.349 e. The third-order valence-electron chi connectivity index (χ3n) is 9.21. The Morgan fingerprint density at radius 1 is 1.06 bits per heavy atom. The molecule has 4 nitrogen and oxygen atoms in total. The summed E-state index contributed by atoms with van der Waals surface area (Å²) in [4.78, 5) is 25.1. The van der Waals surface area contributed by atoms with Gasteiger partial charge in [-0.3, -0.25) is 9.59 Å². The molecule has 9 heteroatoms. The van der Waals surface area contributed by atoms with Crippen LogP contribution in [0.5, 0.6) is 0 Å². The molecule has 35 heavy (non-hydrogen) atoms. The van der Waals surface area contributed by atoms with E-state index in [4.69, 9.17) is 0 Å². The van der Waals surface area contributed by atoms with Gasteiger partial charge in [-0.2, -0.15) is 13.2 Å². The zero-order chi connectivity index (χ0) is 25.1. The van der Waals surface area contributed by atoms with E-state index in [1.165, 1.54) is 0 Å². The minimum atomic E-state index is -4.70. The number of rotatable bonds is 3. The summed E-state index contributed by atoms with van der Waals surface area (Å²) in [5, 5.41) is 5.54. The minimum absolute atomic E-state index is 0.0602. The number of fused-ring (bicyclic) bond motifs is 5. The molecule has 5 rings (SSSR count). The molecule has 2 N–H and O–H groups in total. The molecule has 0 aromatic heterocycles. The zero-order valence-corrected chi connectivity index (χ0v) is 19.4. The summed E-state index contributed by atoms with van der Waals surface area (Å²) in [6.45, 7) is 2.20. The lowest BCUT2D eigenvalue weighted by Gasteiger charge is -2.56. The molecule has 0 saturated heterocycles. The third-order valence-corrected chi connectivity index (χ3v) is 9.21. The normalized spacial score (nSPS) is 36.3. The first-order valence-corrected chi connectivity index (χ1v) is 12.3. The molecule has 3 fully saturated rings. The predicted molar refractivity (Wildman–Crippen MR) is 119 cm³/mol. The number of hydrogen-bond acceptors (Lipinski definition) is 2. The molecule has 3 aliphatic carbocycles. The molecule has 4 aliphatic rings. The molecule has 1 aliphatic heterocycles. The van der Waals surface area contributed by atoms with Crippen LogP contribution in [0.25, 0.3) is 0 Å². The van der Waals surface area contributed by atoms with E-state index in [0.29, 0.717) is 36.3 Å². The van der Waals surface area contributed by atoms with Gasteiger partial charge in [-0.05, 0) is 80.4 Å². The quantitative estimate of drug-likeness (QED) is 0.497. The number of amides is 2. The molecular weight excluding hydrogens is 467 g/mol. The lowest BCUT2D eigenvalue weighted by molar-refractivity contribution is -0.137. The largest absolute Gasteiger partial charge is 0.416 e. The SMILES string of the molecule is C[C@]12C=CC(=O)N[C@@H]1CC[C@H]1[C@@H]3CC[C@H](C(=O)Nc4cc(C(F)(F)F)ccc4C(F)F)C3CC[C@@H]12. The molecule has 1 aromatic rings. The molecule has 7 atom stereocenters. The average Bonchev–Trinajstić information content (AvgIpc) is 3.23. The van der Waals surface area contributed by atoms with Crippen molar-refractivity contribution in [3.05, 3.63) is 41.5 Å². The van der Waals surface area contributed by atoms with E-state index in [1.807, 2.05) is 6.08 Å². The van der Waals surface area contributed by atoms with Crippen LogP contribution in [-0.4, -0.2) is 17.9 Å². The van der Waals surface area contributed by atoms with Gasteiger partial charge >= 0.3 is 6.18 Å². The zero-order valence-electron chi connectivity index (χ0n) is 19.4. The number of halogens is 5. The molecule has 1 aromatic carbocycles. The predicted octanol–water partition coefficient (Wildman–Crippen LogP) is 6.10. The van der Waals surface area contributed by atoms with Gasteiger partial charge in [0.05, 0.1) is 11.3 Å². The van der Waals surface area contributed by atoms with Crippen molar-refractivity contribution in [2.24, 2.45) is 35.0 Å². The Balaban J connectivity index is 1.34. The Bertz CT molecular complexity index is 1050. The molecule has 0 spiro atoms. The van der Waals surface area contributed by atoms with Gasteiger partial charge in [-0.15, -0.1) is 0 Å². The Labute approximate surface area is 200 Å².